The molecular weight excluding hydrogens is 487 g/mol. The Labute approximate surface area is 236 Å². The Morgan fingerprint density at radius 1 is 0.579 bits per heavy atom. The first-order valence-electron chi connectivity index (χ1n) is 15.2. The average Bonchev–Trinajstić information content (AvgIpc) is 2.95. The van der Waals surface area contributed by atoms with Gasteiger partial charge in [-0.25, -0.2) is 4.39 Å². The van der Waals surface area contributed by atoms with Crippen LogP contribution < -0.4 is 0 Å². The summed E-state index contributed by atoms with van der Waals surface area (Å²) in [6.45, 7) is 2.28. The van der Waals surface area contributed by atoms with Crippen LogP contribution in [-0.2, 0) is 32.1 Å². The molecule has 0 bridgehead atoms. The molecular formula is C36H46ClF. The van der Waals surface area contributed by atoms with E-state index in [-0.39, 0.29) is 10.8 Å². The lowest BCUT2D eigenvalue weighted by Crippen LogP contribution is -2.15. The summed E-state index contributed by atoms with van der Waals surface area (Å²) in [5, 5.41) is 0.195. The molecule has 1 fully saturated rings. The Morgan fingerprint density at radius 3 is 1.53 bits per heavy atom. The zero-order chi connectivity index (χ0) is 26.6. The van der Waals surface area contributed by atoms with Gasteiger partial charge in [0.2, 0.25) is 0 Å². The number of rotatable bonds is 14. The highest BCUT2D eigenvalue weighted by molar-refractivity contribution is 6.30. The lowest BCUT2D eigenvalue weighted by molar-refractivity contribution is 0.253. The zero-order valence-corrected chi connectivity index (χ0v) is 24.1. The van der Waals surface area contributed by atoms with Crippen LogP contribution in [-0.4, -0.2) is 0 Å². The van der Waals surface area contributed by atoms with Crippen LogP contribution in [0.4, 0.5) is 4.39 Å². The molecule has 0 N–H and O–H groups in total. The minimum absolute atomic E-state index is 0.195. The highest BCUT2D eigenvalue weighted by atomic mass is 35.5. The van der Waals surface area contributed by atoms with Crippen molar-refractivity contribution >= 4 is 11.6 Å². The second-order valence-corrected chi connectivity index (χ2v) is 12.1. The highest BCUT2D eigenvalue weighted by Crippen LogP contribution is 2.34. The van der Waals surface area contributed by atoms with Crippen LogP contribution >= 0.6 is 11.6 Å². The van der Waals surface area contributed by atoms with Gasteiger partial charge in [0.05, 0.1) is 5.02 Å². The molecule has 38 heavy (non-hydrogen) atoms. The molecule has 0 spiro atoms. The second-order valence-electron chi connectivity index (χ2n) is 11.7. The molecule has 2 heteroatoms. The second kappa shape index (κ2) is 15.5. The molecule has 204 valence electrons. The van der Waals surface area contributed by atoms with Gasteiger partial charge in [-0.1, -0.05) is 118 Å². The number of hydrogen-bond acceptors (Lipinski definition) is 0. The van der Waals surface area contributed by atoms with E-state index in [4.69, 9.17) is 11.6 Å². The predicted octanol–water partition coefficient (Wildman–Crippen LogP) is 10.8. The van der Waals surface area contributed by atoms with Gasteiger partial charge in [-0.05, 0) is 103 Å². The number of halogens is 2. The van der Waals surface area contributed by atoms with Gasteiger partial charge < -0.3 is 0 Å². The molecule has 0 amide bonds. The first-order valence-corrected chi connectivity index (χ1v) is 15.6. The summed E-state index contributed by atoms with van der Waals surface area (Å²) in [7, 11) is 0. The largest absolute Gasteiger partial charge is 0.205 e. The smallest absolute Gasteiger partial charge is 0.142 e. The van der Waals surface area contributed by atoms with Crippen molar-refractivity contribution in [2.24, 2.45) is 11.8 Å². The zero-order valence-electron chi connectivity index (χ0n) is 23.4. The van der Waals surface area contributed by atoms with Crippen LogP contribution in [0, 0.1) is 17.7 Å². The van der Waals surface area contributed by atoms with Crippen LogP contribution in [0.3, 0.4) is 0 Å². The molecule has 0 radical (unpaired) electrons. The molecule has 0 saturated heterocycles. The Balaban J connectivity index is 1.10. The fraction of sp³-hybridized carbons (Fsp3) is 0.500. The summed E-state index contributed by atoms with van der Waals surface area (Å²) in [5.74, 6) is 1.47. The van der Waals surface area contributed by atoms with Gasteiger partial charge in [0, 0.05) is 0 Å². The lowest BCUT2D eigenvalue weighted by Gasteiger charge is -2.28. The van der Waals surface area contributed by atoms with Crippen molar-refractivity contribution < 1.29 is 4.39 Å². The van der Waals surface area contributed by atoms with Gasteiger partial charge in [0.15, 0.2) is 0 Å². The third-order valence-electron chi connectivity index (χ3n) is 8.70. The van der Waals surface area contributed by atoms with Crippen molar-refractivity contribution in [3.8, 4) is 0 Å². The minimum Gasteiger partial charge on any atom is -0.205 e. The molecule has 4 rings (SSSR count). The lowest BCUT2D eigenvalue weighted by atomic mass is 9.77. The van der Waals surface area contributed by atoms with Crippen LogP contribution in [0.15, 0.2) is 66.7 Å². The van der Waals surface area contributed by atoms with Crippen LogP contribution in [0.25, 0.3) is 0 Å². The minimum atomic E-state index is -0.327. The van der Waals surface area contributed by atoms with E-state index in [0.29, 0.717) is 0 Å². The van der Waals surface area contributed by atoms with E-state index in [1.165, 1.54) is 106 Å². The number of aryl methyl sites for hydroxylation is 5. The topological polar surface area (TPSA) is 0 Å². The van der Waals surface area contributed by atoms with Gasteiger partial charge in [-0.15, -0.1) is 0 Å². The summed E-state index contributed by atoms with van der Waals surface area (Å²) >= 11 is 5.79. The number of unbranched alkanes of at least 4 members (excludes halogenated alkanes) is 3. The van der Waals surface area contributed by atoms with Crippen molar-refractivity contribution in [2.45, 2.75) is 103 Å². The standard InChI is InChI=1S/C36H46ClF/c1-2-3-4-5-6-28-7-9-29(10-8-28)11-12-30-13-15-31(16-14-30)17-18-32-19-21-33(22-20-32)23-24-34-25-26-35(37)36(38)27-34/h7-10,19-22,25-27,30-31H,2-6,11-18,23-24H2,1H3. The highest BCUT2D eigenvalue weighted by Gasteiger charge is 2.21. The molecule has 0 aliphatic heterocycles. The molecule has 0 aromatic heterocycles. The maximum absolute atomic E-state index is 13.7. The van der Waals surface area contributed by atoms with E-state index in [9.17, 15) is 4.39 Å². The summed E-state index contributed by atoms with van der Waals surface area (Å²) in [4.78, 5) is 0. The van der Waals surface area contributed by atoms with Gasteiger partial charge in [0.25, 0.3) is 0 Å². The summed E-state index contributed by atoms with van der Waals surface area (Å²) in [6, 6.07) is 23.7. The Kier molecular flexibility index (Phi) is 11.8. The summed E-state index contributed by atoms with van der Waals surface area (Å²) < 4.78 is 13.7. The SMILES string of the molecule is CCCCCCc1ccc(CCC2CCC(CCc3ccc(CCc4ccc(Cl)c(F)c4)cc3)CC2)cc1. The maximum atomic E-state index is 13.7. The third kappa shape index (κ3) is 9.57. The van der Waals surface area contributed by atoms with Crippen molar-refractivity contribution in [1.82, 2.24) is 0 Å². The molecule has 3 aromatic carbocycles. The maximum Gasteiger partial charge on any atom is 0.142 e. The van der Waals surface area contributed by atoms with Crippen LogP contribution in [0.5, 0.6) is 0 Å². The van der Waals surface area contributed by atoms with Crippen LogP contribution in [0.2, 0.25) is 5.02 Å². The summed E-state index contributed by atoms with van der Waals surface area (Å²) in [6.07, 6.45) is 19.1. The van der Waals surface area contributed by atoms with E-state index in [1.807, 2.05) is 6.07 Å². The Morgan fingerprint density at radius 2 is 1.03 bits per heavy atom. The number of benzene rings is 3. The molecule has 0 unspecified atom stereocenters. The molecule has 1 saturated carbocycles. The van der Waals surface area contributed by atoms with Gasteiger partial charge >= 0.3 is 0 Å². The van der Waals surface area contributed by atoms with E-state index in [0.717, 1.165) is 30.2 Å². The molecule has 3 aromatic rings. The first-order chi connectivity index (χ1) is 18.6. The first kappa shape index (κ1) is 28.9. The molecule has 0 atom stereocenters. The normalized spacial score (nSPS) is 17.6. The molecule has 0 nitrogen and oxygen atoms in total. The predicted molar refractivity (Wildman–Crippen MR) is 162 cm³/mol. The van der Waals surface area contributed by atoms with Crippen LogP contribution in [0.1, 0.15) is 98.9 Å². The van der Waals surface area contributed by atoms with Crippen molar-refractivity contribution in [3.63, 3.8) is 0 Å². The molecule has 1 aliphatic rings. The Hall–Kier alpha value is -2.12. The fourth-order valence-corrected chi connectivity index (χ4v) is 6.15. The molecule has 1 aliphatic carbocycles. The fourth-order valence-electron chi connectivity index (χ4n) is 6.04. The van der Waals surface area contributed by atoms with Gasteiger partial charge in [-0.2, -0.15) is 0 Å². The average molecular weight is 533 g/mol. The van der Waals surface area contributed by atoms with E-state index >= 15 is 0 Å². The summed E-state index contributed by atoms with van der Waals surface area (Å²) in [5.41, 5.74) is 6.79. The van der Waals surface area contributed by atoms with Crippen molar-refractivity contribution in [3.05, 3.63) is 105 Å². The Bertz CT molecular complexity index is 1080. The van der Waals surface area contributed by atoms with Crippen molar-refractivity contribution in [2.75, 3.05) is 0 Å². The van der Waals surface area contributed by atoms with Gasteiger partial charge in [0.1, 0.15) is 5.82 Å². The van der Waals surface area contributed by atoms with E-state index in [1.54, 1.807) is 12.1 Å². The quantitative estimate of drug-likeness (QED) is 0.181. The van der Waals surface area contributed by atoms with Gasteiger partial charge in [-0.3, -0.25) is 0 Å². The van der Waals surface area contributed by atoms with Crippen molar-refractivity contribution in [1.29, 1.82) is 0 Å². The monoisotopic (exact) mass is 532 g/mol. The van der Waals surface area contributed by atoms with E-state index in [2.05, 4.69) is 55.5 Å². The number of hydrogen-bond donors (Lipinski definition) is 0. The third-order valence-corrected chi connectivity index (χ3v) is 9.01. The molecule has 0 heterocycles. The van der Waals surface area contributed by atoms with E-state index < -0.39 is 0 Å².